The predicted molar refractivity (Wildman–Crippen MR) is 68.8 cm³/mol. The van der Waals surface area contributed by atoms with Gasteiger partial charge in [-0.25, -0.2) is 0 Å². The van der Waals surface area contributed by atoms with Gasteiger partial charge < -0.3 is 15.1 Å². The molecular weight excluding hydrogens is 214 g/mol. The van der Waals surface area contributed by atoms with Crippen LogP contribution in [0.1, 0.15) is 19.8 Å². The molecule has 4 heteroatoms. The topological polar surface area (TPSA) is 35.6 Å². The zero-order chi connectivity index (χ0) is 12.4. The lowest BCUT2D eigenvalue weighted by molar-refractivity contribution is -0.137. The van der Waals surface area contributed by atoms with Crippen molar-refractivity contribution < 1.29 is 4.79 Å². The van der Waals surface area contributed by atoms with Crippen LogP contribution in [0.4, 0.5) is 0 Å². The zero-order valence-electron chi connectivity index (χ0n) is 11.3. The van der Waals surface area contributed by atoms with E-state index in [-0.39, 0.29) is 5.92 Å². The standard InChI is InChI=1S/C13H25N3O/c1-10-8-14-9-12(10)13(17)16-6-4-11(5-7-16)15(2)3/h10-12,14H,4-9H2,1-3H3. The third-order valence-corrected chi connectivity index (χ3v) is 4.34. The van der Waals surface area contributed by atoms with Gasteiger partial charge in [0.25, 0.3) is 0 Å². The molecule has 2 unspecified atom stereocenters. The average Bonchev–Trinajstić information content (AvgIpc) is 2.74. The fraction of sp³-hybridized carbons (Fsp3) is 0.923. The Morgan fingerprint density at radius 2 is 1.88 bits per heavy atom. The van der Waals surface area contributed by atoms with Crippen molar-refractivity contribution >= 4 is 5.91 Å². The van der Waals surface area contributed by atoms with Crippen molar-refractivity contribution in [1.82, 2.24) is 15.1 Å². The van der Waals surface area contributed by atoms with Gasteiger partial charge in [0.15, 0.2) is 0 Å². The molecule has 4 nitrogen and oxygen atoms in total. The average molecular weight is 239 g/mol. The summed E-state index contributed by atoms with van der Waals surface area (Å²) in [6.07, 6.45) is 2.24. The molecule has 2 aliphatic heterocycles. The molecule has 0 radical (unpaired) electrons. The lowest BCUT2D eigenvalue weighted by atomic mass is 9.95. The van der Waals surface area contributed by atoms with E-state index >= 15 is 0 Å². The molecule has 2 saturated heterocycles. The maximum atomic E-state index is 12.4. The molecule has 2 heterocycles. The Bertz CT molecular complexity index is 272. The summed E-state index contributed by atoms with van der Waals surface area (Å²) in [6, 6.07) is 0.651. The second-order valence-corrected chi connectivity index (χ2v) is 5.76. The number of nitrogens with zero attached hydrogens (tertiary/aromatic N) is 2. The third-order valence-electron chi connectivity index (χ3n) is 4.34. The van der Waals surface area contributed by atoms with E-state index in [9.17, 15) is 4.79 Å². The molecule has 17 heavy (non-hydrogen) atoms. The number of hydrogen-bond donors (Lipinski definition) is 1. The molecule has 0 aromatic heterocycles. The van der Waals surface area contributed by atoms with Gasteiger partial charge in [-0.2, -0.15) is 0 Å². The normalized spacial score (nSPS) is 31.2. The molecule has 0 bridgehead atoms. The molecule has 2 fully saturated rings. The summed E-state index contributed by atoms with van der Waals surface area (Å²) in [5.41, 5.74) is 0. The minimum atomic E-state index is 0.214. The zero-order valence-corrected chi connectivity index (χ0v) is 11.3. The number of nitrogens with one attached hydrogen (secondary N) is 1. The van der Waals surface area contributed by atoms with Crippen LogP contribution in [0.3, 0.4) is 0 Å². The molecule has 0 spiro atoms. The molecule has 0 aromatic rings. The maximum Gasteiger partial charge on any atom is 0.227 e. The van der Waals surface area contributed by atoms with Gasteiger partial charge in [-0.1, -0.05) is 6.92 Å². The third kappa shape index (κ3) is 2.80. The van der Waals surface area contributed by atoms with Gasteiger partial charge in [0, 0.05) is 25.7 Å². The minimum Gasteiger partial charge on any atom is -0.342 e. The van der Waals surface area contributed by atoms with E-state index in [1.165, 1.54) is 0 Å². The van der Waals surface area contributed by atoms with Crippen LogP contribution in [0.15, 0.2) is 0 Å². The molecule has 2 aliphatic rings. The fourth-order valence-corrected chi connectivity index (χ4v) is 2.98. The van der Waals surface area contributed by atoms with E-state index < -0.39 is 0 Å². The SMILES string of the molecule is CC1CNCC1C(=O)N1CCC(N(C)C)CC1. The van der Waals surface area contributed by atoms with Crippen molar-refractivity contribution in [2.24, 2.45) is 11.8 Å². The summed E-state index contributed by atoms with van der Waals surface area (Å²) in [4.78, 5) is 16.7. The highest BCUT2D eigenvalue weighted by Gasteiger charge is 2.34. The minimum absolute atomic E-state index is 0.214. The number of hydrogen-bond acceptors (Lipinski definition) is 3. The highest BCUT2D eigenvalue weighted by atomic mass is 16.2. The van der Waals surface area contributed by atoms with Crippen LogP contribution in [0.2, 0.25) is 0 Å². The summed E-state index contributed by atoms with van der Waals surface area (Å²) in [5.74, 6) is 1.08. The summed E-state index contributed by atoms with van der Waals surface area (Å²) >= 11 is 0. The lowest BCUT2D eigenvalue weighted by Crippen LogP contribution is -2.47. The van der Waals surface area contributed by atoms with Crippen LogP contribution in [-0.2, 0) is 4.79 Å². The monoisotopic (exact) mass is 239 g/mol. The Kier molecular flexibility index (Phi) is 4.05. The van der Waals surface area contributed by atoms with E-state index in [1.54, 1.807) is 0 Å². The van der Waals surface area contributed by atoms with Gasteiger partial charge in [-0.05, 0) is 39.4 Å². The molecule has 1 N–H and O–H groups in total. The van der Waals surface area contributed by atoms with Crippen molar-refractivity contribution in [3.05, 3.63) is 0 Å². The van der Waals surface area contributed by atoms with Gasteiger partial charge in [-0.3, -0.25) is 4.79 Å². The fourth-order valence-electron chi connectivity index (χ4n) is 2.98. The first-order valence-electron chi connectivity index (χ1n) is 6.75. The van der Waals surface area contributed by atoms with Crippen LogP contribution in [0.5, 0.6) is 0 Å². The van der Waals surface area contributed by atoms with Crippen LogP contribution in [0.25, 0.3) is 0 Å². The number of carbonyl (C=O) groups excluding carboxylic acids is 1. The summed E-state index contributed by atoms with van der Waals surface area (Å²) in [6.45, 7) is 5.91. The molecule has 0 aliphatic carbocycles. The van der Waals surface area contributed by atoms with Crippen LogP contribution in [-0.4, -0.2) is 62.0 Å². The van der Waals surface area contributed by atoms with Crippen LogP contribution >= 0.6 is 0 Å². The molecule has 98 valence electrons. The summed E-state index contributed by atoms with van der Waals surface area (Å²) < 4.78 is 0. The first-order valence-corrected chi connectivity index (χ1v) is 6.75. The molecule has 0 saturated carbocycles. The van der Waals surface area contributed by atoms with Crippen molar-refractivity contribution in [3.8, 4) is 0 Å². The van der Waals surface area contributed by atoms with Crippen molar-refractivity contribution in [3.63, 3.8) is 0 Å². The molecule has 2 rings (SSSR count). The largest absolute Gasteiger partial charge is 0.342 e. The Labute approximate surface area is 104 Å². The number of amides is 1. The Morgan fingerprint density at radius 3 is 2.35 bits per heavy atom. The highest BCUT2D eigenvalue weighted by Crippen LogP contribution is 2.22. The van der Waals surface area contributed by atoms with E-state index in [0.717, 1.165) is 39.0 Å². The number of likely N-dealkylation sites (tertiary alicyclic amines) is 1. The van der Waals surface area contributed by atoms with Crippen LogP contribution in [0, 0.1) is 11.8 Å². The Balaban J connectivity index is 1.86. The smallest absolute Gasteiger partial charge is 0.227 e. The van der Waals surface area contributed by atoms with Crippen molar-refractivity contribution in [2.75, 3.05) is 40.3 Å². The van der Waals surface area contributed by atoms with Gasteiger partial charge in [-0.15, -0.1) is 0 Å². The second kappa shape index (κ2) is 5.36. The maximum absolute atomic E-state index is 12.4. The van der Waals surface area contributed by atoms with Gasteiger partial charge in [0.2, 0.25) is 5.91 Å². The van der Waals surface area contributed by atoms with E-state index in [2.05, 4.69) is 36.1 Å². The van der Waals surface area contributed by atoms with Gasteiger partial charge in [0.05, 0.1) is 5.92 Å². The van der Waals surface area contributed by atoms with Gasteiger partial charge >= 0.3 is 0 Å². The first-order chi connectivity index (χ1) is 8.09. The molecular formula is C13H25N3O. The van der Waals surface area contributed by atoms with E-state index in [0.29, 0.717) is 17.9 Å². The molecule has 1 amide bonds. The number of carbonyl (C=O) groups is 1. The molecule has 2 atom stereocenters. The number of rotatable bonds is 2. The van der Waals surface area contributed by atoms with Crippen molar-refractivity contribution in [2.45, 2.75) is 25.8 Å². The Hall–Kier alpha value is -0.610. The van der Waals surface area contributed by atoms with Crippen molar-refractivity contribution in [1.29, 1.82) is 0 Å². The summed E-state index contributed by atoms with van der Waals surface area (Å²) in [7, 11) is 4.26. The quantitative estimate of drug-likeness (QED) is 0.757. The summed E-state index contributed by atoms with van der Waals surface area (Å²) in [5, 5.41) is 3.31. The number of piperidine rings is 1. The first kappa shape index (κ1) is 12.8. The molecule has 0 aromatic carbocycles. The second-order valence-electron chi connectivity index (χ2n) is 5.76. The predicted octanol–water partition coefficient (Wildman–Crippen LogP) is 0.395. The van der Waals surface area contributed by atoms with Crippen LogP contribution < -0.4 is 5.32 Å². The van der Waals surface area contributed by atoms with Gasteiger partial charge in [0.1, 0.15) is 0 Å². The lowest BCUT2D eigenvalue weighted by Gasteiger charge is -2.36. The van der Waals surface area contributed by atoms with E-state index in [1.807, 2.05) is 0 Å². The highest BCUT2D eigenvalue weighted by molar-refractivity contribution is 5.79. The Morgan fingerprint density at radius 1 is 1.24 bits per heavy atom. The van der Waals surface area contributed by atoms with E-state index in [4.69, 9.17) is 0 Å².